The lowest BCUT2D eigenvalue weighted by molar-refractivity contribution is -0.667. The number of ether oxygens (including phenoxy) is 1. The van der Waals surface area contributed by atoms with E-state index in [1.807, 2.05) is 53.4 Å². The van der Waals surface area contributed by atoms with Crippen LogP contribution < -0.4 is 14.2 Å². The number of aromatic nitrogens is 1. The first-order valence-electron chi connectivity index (χ1n) is 16.1. The number of hydrogen-bond donors (Lipinski definition) is 2. The van der Waals surface area contributed by atoms with E-state index >= 15 is 0 Å². The van der Waals surface area contributed by atoms with Crippen molar-refractivity contribution in [1.29, 1.82) is 0 Å². The van der Waals surface area contributed by atoms with Crippen LogP contribution in [0.25, 0.3) is 26.4 Å². The van der Waals surface area contributed by atoms with Crippen LogP contribution in [-0.2, 0) is 26.8 Å². The minimum absolute atomic E-state index is 0.0968. The molecule has 0 radical (unpaired) electrons. The lowest BCUT2D eigenvalue weighted by Gasteiger charge is -2.25. The van der Waals surface area contributed by atoms with Crippen LogP contribution in [0.15, 0.2) is 101 Å². The second-order valence-electron chi connectivity index (χ2n) is 12.4. The van der Waals surface area contributed by atoms with E-state index in [4.69, 9.17) is 16.3 Å². The summed E-state index contributed by atoms with van der Waals surface area (Å²) < 4.78 is 75.8. The molecule has 260 valence electrons. The van der Waals surface area contributed by atoms with Crippen molar-refractivity contribution in [2.24, 2.45) is 0 Å². The second kappa shape index (κ2) is 14.2. The number of anilines is 1. The maximum Gasteiger partial charge on any atom is 0.265 e. The molecule has 2 N–H and O–H groups in total. The first-order valence-corrected chi connectivity index (χ1v) is 21.3. The number of rotatable bonds is 11. The zero-order chi connectivity index (χ0) is 35.0. The average molecular weight is 770 g/mol. The number of halogens is 1. The Labute approximate surface area is 303 Å². The van der Waals surface area contributed by atoms with Crippen molar-refractivity contribution in [3.05, 3.63) is 117 Å². The molecule has 2 aliphatic rings. The molecular formula is C36H34ClN2O7S4+. The van der Waals surface area contributed by atoms with Crippen LogP contribution >= 0.6 is 34.3 Å². The monoisotopic (exact) mass is 769 g/mol. The minimum Gasteiger partial charge on any atom is -0.439 e. The fourth-order valence-corrected chi connectivity index (χ4v) is 9.85. The Morgan fingerprint density at radius 3 is 2.50 bits per heavy atom. The maximum absolute atomic E-state index is 11.6. The zero-order valence-electron chi connectivity index (χ0n) is 26.7. The van der Waals surface area contributed by atoms with Gasteiger partial charge >= 0.3 is 0 Å². The Hall–Kier alpha value is -3.56. The summed E-state index contributed by atoms with van der Waals surface area (Å²) in [6.07, 6.45) is 8.23. The number of hydrogen-bond acceptors (Lipinski definition) is 8. The summed E-state index contributed by atoms with van der Waals surface area (Å²) in [6, 6.07) is 21.8. The largest absolute Gasteiger partial charge is 0.439 e. The molecule has 0 bridgehead atoms. The van der Waals surface area contributed by atoms with Gasteiger partial charge in [0.05, 0.1) is 22.6 Å². The van der Waals surface area contributed by atoms with Gasteiger partial charge in [-0.3, -0.25) is 9.11 Å². The Morgan fingerprint density at radius 2 is 1.70 bits per heavy atom. The standard InChI is InChI=1S/C36H33ClN2O7S4/c37-28-7-3-6-26(23-28)27-19-24(21-34-38(13-4-16-49(40,41)42)30-8-1-2-9-31(30)46-34)18-25(20-27)22-35-39(14-5-17-50(43,44)45)36-29-12-15-47-32(29)10-11-33(36)48-35/h1-3,6-12,15,18,21-23,27H,4-5,13-14,16-17,19-20H2,(H-,40,41,42,43,44,45)/p+1. The third kappa shape index (κ3) is 7.99. The summed E-state index contributed by atoms with van der Waals surface area (Å²) in [4.78, 5) is 1.94. The smallest absolute Gasteiger partial charge is 0.265 e. The van der Waals surface area contributed by atoms with Crippen molar-refractivity contribution in [2.45, 2.75) is 38.1 Å². The first-order chi connectivity index (χ1) is 23.9. The predicted molar refractivity (Wildman–Crippen MR) is 201 cm³/mol. The summed E-state index contributed by atoms with van der Waals surface area (Å²) in [5, 5.41) is 4.78. The Bertz CT molecular complexity index is 2410. The topological polar surface area (TPSA) is 125 Å². The van der Waals surface area contributed by atoms with Crippen LogP contribution in [-0.4, -0.2) is 44.0 Å². The zero-order valence-corrected chi connectivity index (χ0v) is 30.8. The molecule has 7 rings (SSSR count). The maximum atomic E-state index is 11.6. The van der Waals surface area contributed by atoms with Crippen LogP contribution in [0.4, 0.5) is 5.69 Å². The molecule has 0 fully saturated rings. The van der Waals surface area contributed by atoms with E-state index in [0.717, 1.165) is 54.1 Å². The number of thiophene rings is 1. The number of benzene rings is 3. The van der Waals surface area contributed by atoms with Gasteiger partial charge in [0.2, 0.25) is 11.4 Å². The van der Waals surface area contributed by atoms with Crippen molar-refractivity contribution in [3.63, 3.8) is 0 Å². The van der Waals surface area contributed by atoms with Crippen LogP contribution in [0.1, 0.15) is 42.2 Å². The number of nitrogens with zero attached hydrogens (tertiary/aromatic N) is 2. The van der Waals surface area contributed by atoms with Gasteiger partial charge in [-0.1, -0.05) is 53.3 Å². The molecule has 3 aromatic carbocycles. The molecule has 1 aliphatic carbocycles. The molecule has 0 saturated carbocycles. The van der Waals surface area contributed by atoms with E-state index in [-0.39, 0.29) is 30.3 Å². The van der Waals surface area contributed by atoms with Crippen LogP contribution in [0.2, 0.25) is 5.02 Å². The summed E-state index contributed by atoms with van der Waals surface area (Å²) in [5.41, 5.74) is 5.04. The summed E-state index contributed by atoms with van der Waals surface area (Å²) >= 11 is 9.75. The van der Waals surface area contributed by atoms with Gasteiger partial charge in [0.1, 0.15) is 4.70 Å². The molecule has 3 heterocycles. The molecule has 2 aromatic heterocycles. The highest BCUT2D eigenvalue weighted by Gasteiger charge is 2.29. The average Bonchev–Trinajstić information content (AvgIpc) is 3.75. The molecule has 1 atom stereocenters. The highest BCUT2D eigenvalue weighted by Crippen LogP contribution is 2.42. The first kappa shape index (κ1) is 34.9. The van der Waals surface area contributed by atoms with Gasteiger partial charge in [-0.2, -0.15) is 21.4 Å². The summed E-state index contributed by atoms with van der Waals surface area (Å²) in [5.74, 6) is 0.646. The second-order valence-corrected chi connectivity index (χ2v) is 18.0. The molecule has 50 heavy (non-hydrogen) atoms. The van der Waals surface area contributed by atoms with Gasteiger partial charge in [0, 0.05) is 34.8 Å². The lowest BCUT2D eigenvalue weighted by Crippen LogP contribution is -2.36. The fraction of sp³-hybridized carbons (Fsp3) is 0.250. The Morgan fingerprint density at radius 1 is 0.920 bits per heavy atom. The van der Waals surface area contributed by atoms with Crippen molar-refractivity contribution >= 4 is 86.6 Å². The van der Waals surface area contributed by atoms with E-state index in [1.165, 1.54) is 0 Å². The number of fused-ring (bicyclic) bond motifs is 4. The van der Waals surface area contributed by atoms with E-state index in [9.17, 15) is 25.9 Å². The summed E-state index contributed by atoms with van der Waals surface area (Å²) in [7, 11) is -8.22. The van der Waals surface area contributed by atoms with Gasteiger partial charge in [-0.25, -0.2) is 0 Å². The molecular weight excluding hydrogens is 736 g/mol. The molecule has 1 aliphatic heterocycles. The quantitative estimate of drug-likeness (QED) is 0.102. The normalized spacial score (nSPS) is 18.3. The molecule has 9 nitrogen and oxygen atoms in total. The van der Waals surface area contributed by atoms with Crippen LogP contribution in [0.3, 0.4) is 0 Å². The van der Waals surface area contributed by atoms with Crippen LogP contribution in [0.5, 0.6) is 5.75 Å². The lowest BCUT2D eigenvalue weighted by atomic mass is 9.81. The minimum atomic E-state index is -4.11. The van der Waals surface area contributed by atoms with Crippen molar-refractivity contribution in [2.75, 3.05) is 23.0 Å². The number of allylic oxidation sites excluding steroid dienone is 4. The molecule has 5 aromatic rings. The molecule has 0 spiro atoms. The van der Waals surface area contributed by atoms with E-state index in [2.05, 4.69) is 46.4 Å². The SMILES string of the molecule is O=S(=O)(O)CCCN1/C(=C/C2=CC(=C/c3sc4ccc5sccc5c4[n+]3CCCS(=O)(=O)O)/CC(c3cccc(Cl)c3)C2)Oc2ccccc21. The van der Waals surface area contributed by atoms with E-state index in [0.29, 0.717) is 36.2 Å². The fourth-order valence-electron chi connectivity index (χ4n) is 6.69. The van der Waals surface area contributed by atoms with Gasteiger partial charge in [-0.15, -0.1) is 11.3 Å². The van der Waals surface area contributed by atoms with Gasteiger partial charge in [-0.05, 0) is 89.7 Å². The van der Waals surface area contributed by atoms with Gasteiger partial charge in [0.25, 0.3) is 25.2 Å². The third-order valence-electron chi connectivity index (χ3n) is 8.80. The predicted octanol–water partition coefficient (Wildman–Crippen LogP) is 8.24. The van der Waals surface area contributed by atoms with Crippen LogP contribution in [0, 0.1) is 0 Å². The highest BCUT2D eigenvalue weighted by atomic mass is 35.5. The third-order valence-corrected chi connectivity index (χ3v) is 12.6. The highest BCUT2D eigenvalue weighted by molar-refractivity contribution is 7.86. The molecule has 14 heteroatoms. The molecule has 0 amide bonds. The van der Waals surface area contributed by atoms with E-state index < -0.39 is 20.2 Å². The van der Waals surface area contributed by atoms with Gasteiger partial charge < -0.3 is 9.64 Å². The summed E-state index contributed by atoms with van der Waals surface area (Å²) in [6.45, 7) is 0.746. The molecule has 1 unspecified atom stereocenters. The van der Waals surface area contributed by atoms with E-state index in [1.54, 1.807) is 22.7 Å². The Kier molecular flexibility index (Phi) is 9.92. The molecule has 0 saturated heterocycles. The number of thiazole rings is 1. The number of aryl methyl sites for hydroxylation is 1. The van der Waals surface area contributed by atoms with Crippen molar-refractivity contribution in [3.8, 4) is 5.75 Å². The van der Waals surface area contributed by atoms with Crippen molar-refractivity contribution in [1.82, 2.24) is 0 Å². The van der Waals surface area contributed by atoms with Gasteiger partial charge in [0.15, 0.2) is 12.3 Å². The Balaban J connectivity index is 1.31. The number of para-hydroxylation sites is 2. The van der Waals surface area contributed by atoms with Crippen molar-refractivity contribution < 1.29 is 35.2 Å².